The smallest absolute Gasteiger partial charge is 0.291 e. The van der Waals surface area contributed by atoms with E-state index in [4.69, 9.17) is 5.73 Å². The van der Waals surface area contributed by atoms with Crippen molar-refractivity contribution in [3.63, 3.8) is 0 Å². The number of nitrogens with two attached hydrogens (primary N) is 1. The predicted molar refractivity (Wildman–Crippen MR) is 134 cm³/mol. The number of aromatic nitrogens is 6. The predicted octanol–water partition coefficient (Wildman–Crippen LogP) is 3.25. The highest BCUT2D eigenvalue weighted by molar-refractivity contribution is 5.92. The normalized spacial score (nSPS) is 11.1. The van der Waals surface area contributed by atoms with Gasteiger partial charge in [0.05, 0.1) is 19.3 Å². The number of nitrogen functional groups attached to an aromatic ring is 1. The van der Waals surface area contributed by atoms with Gasteiger partial charge in [0, 0.05) is 24.3 Å². The van der Waals surface area contributed by atoms with Gasteiger partial charge in [-0.15, -0.1) is 5.10 Å². The number of rotatable bonds is 7. The Balaban J connectivity index is 1.21. The molecule has 176 valence electrons. The molecule has 0 aliphatic heterocycles. The maximum atomic E-state index is 12.7. The second-order valence-corrected chi connectivity index (χ2v) is 8.61. The van der Waals surface area contributed by atoms with Gasteiger partial charge in [-0.2, -0.15) is 5.10 Å². The number of nitrogens with one attached hydrogen (secondary N) is 1. The SMILES string of the molecule is Cc1cnn(Cc2ccc(Cn3nc(C(=O)NCc4ccc5c(N)nccc5c4)nc3C)cc2)c1. The van der Waals surface area contributed by atoms with Gasteiger partial charge in [-0.05, 0) is 53.6 Å². The molecule has 0 aliphatic carbocycles. The minimum Gasteiger partial charge on any atom is -0.383 e. The Morgan fingerprint density at radius 2 is 1.74 bits per heavy atom. The van der Waals surface area contributed by atoms with E-state index in [-0.39, 0.29) is 11.7 Å². The van der Waals surface area contributed by atoms with Crippen LogP contribution in [-0.4, -0.2) is 35.4 Å². The summed E-state index contributed by atoms with van der Waals surface area (Å²) in [6, 6.07) is 16.0. The van der Waals surface area contributed by atoms with Gasteiger partial charge in [0.1, 0.15) is 11.6 Å². The molecule has 0 fully saturated rings. The lowest BCUT2D eigenvalue weighted by Gasteiger charge is -2.06. The van der Waals surface area contributed by atoms with Crippen molar-refractivity contribution in [2.24, 2.45) is 0 Å². The molecule has 0 spiro atoms. The minimum absolute atomic E-state index is 0.155. The van der Waals surface area contributed by atoms with E-state index in [2.05, 4.69) is 49.7 Å². The zero-order valence-corrected chi connectivity index (χ0v) is 19.6. The zero-order valence-electron chi connectivity index (χ0n) is 19.6. The summed E-state index contributed by atoms with van der Waals surface area (Å²) in [6.45, 7) is 5.50. The highest BCUT2D eigenvalue weighted by atomic mass is 16.2. The van der Waals surface area contributed by atoms with Gasteiger partial charge < -0.3 is 11.1 Å². The molecule has 0 bridgehead atoms. The van der Waals surface area contributed by atoms with E-state index in [1.54, 1.807) is 10.9 Å². The monoisotopic (exact) mass is 466 g/mol. The highest BCUT2D eigenvalue weighted by Crippen LogP contribution is 2.20. The Morgan fingerprint density at radius 1 is 1.00 bits per heavy atom. The lowest BCUT2D eigenvalue weighted by atomic mass is 10.1. The molecule has 5 rings (SSSR count). The minimum atomic E-state index is -0.314. The standard InChI is InChI=1S/C26H26N8O/c1-17-12-30-33(14-17)15-19-3-5-20(6-4-19)16-34-18(2)31-25(32-34)26(35)29-13-21-7-8-23-22(11-21)9-10-28-24(23)27/h3-12,14H,13,15-16H2,1-2H3,(H2,27,28)(H,29,35). The van der Waals surface area contributed by atoms with Gasteiger partial charge in [0.15, 0.2) is 0 Å². The number of aryl methyl sites for hydroxylation is 2. The number of hydrogen-bond acceptors (Lipinski definition) is 6. The summed E-state index contributed by atoms with van der Waals surface area (Å²) in [5.74, 6) is 1.01. The quantitative estimate of drug-likeness (QED) is 0.380. The van der Waals surface area contributed by atoms with Gasteiger partial charge in [-0.1, -0.05) is 36.4 Å². The van der Waals surface area contributed by atoms with Crippen molar-refractivity contribution in [1.82, 2.24) is 34.8 Å². The van der Waals surface area contributed by atoms with Crippen LogP contribution in [0.5, 0.6) is 0 Å². The Morgan fingerprint density at radius 3 is 2.49 bits per heavy atom. The van der Waals surface area contributed by atoms with Gasteiger partial charge >= 0.3 is 0 Å². The van der Waals surface area contributed by atoms with Crippen LogP contribution in [-0.2, 0) is 19.6 Å². The third kappa shape index (κ3) is 5.03. The first-order chi connectivity index (χ1) is 16.9. The molecule has 2 aromatic carbocycles. The number of carbonyl (C=O) groups is 1. The van der Waals surface area contributed by atoms with E-state index in [0.29, 0.717) is 24.7 Å². The fraction of sp³-hybridized carbons (Fsp3) is 0.192. The summed E-state index contributed by atoms with van der Waals surface area (Å²) >= 11 is 0. The molecular formula is C26H26N8O. The summed E-state index contributed by atoms with van der Waals surface area (Å²) in [6.07, 6.45) is 5.55. The van der Waals surface area contributed by atoms with Crippen LogP contribution in [0.2, 0.25) is 0 Å². The summed E-state index contributed by atoms with van der Waals surface area (Å²) < 4.78 is 3.66. The molecule has 3 aromatic heterocycles. The molecule has 0 saturated heterocycles. The Hall–Kier alpha value is -4.53. The summed E-state index contributed by atoms with van der Waals surface area (Å²) in [5, 5.41) is 13.5. The van der Waals surface area contributed by atoms with E-state index in [1.165, 1.54) is 5.56 Å². The first-order valence-corrected chi connectivity index (χ1v) is 11.3. The third-order valence-corrected chi connectivity index (χ3v) is 5.83. The van der Waals surface area contributed by atoms with Gasteiger partial charge in [0.2, 0.25) is 5.82 Å². The van der Waals surface area contributed by atoms with E-state index in [1.807, 2.05) is 55.2 Å². The first kappa shape index (κ1) is 22.3. The lowest BCUT2D eigenvalue weighted by Crippen LogP contribution is -2.24. The van der Waals surface area contributed by atoms with Crippen molar-refractivity contribution in [3.05, 3.63) is 101 Å². The van der Waals surface area contributed by atoms with Crippen LogP contribution in [0.4, 0.5) is 5.82 Å². The van der Waals surface area contributed by atoms with E-state index in [9.17, 15) is 4.79 Å². The van der Waals surface area contributed by atoms with Crippen LogP contribution < -0.4 is 11.1 Å². The van der Waals surface area contributed by atoms with Crippen LogP contribution in [0.3, 0.4) is 0 Å². The molecule has 3 heterocycles. The number of anilines is 1. The summed E-state index contributed by atoms with van der Waals surface area (Å²) in [4.78, 5) is 21.1. The number of hydrogen-bond donors (Lipinski definition) is 2. The molecule has 5 aromatic rings. The highest BCUT2D eigenvalue weighted by Gasteiger charge is 2.14. The zero-order chi connectivity index (χ0) is 24.4. The molecule has 0 unspecified atom stereocenters. The molecule has 0 saturated carbocycles. The van der Waals surface area contributed by atoms with Crippen LogP contribution in [0.15, 0.2) is 67.1 Å². The molecule has 0 radical (unpaired) electrons. The summed E-state index contributed by atoms with van der Waals surface area (Å²) in [7, 11) is 0. The Bertz CT molecular complexity index is 1500. The van der Waals surface area contributed by atoms with Gasteiger partial charge in [-0.25, -0.2) is 14.6 Å². The Kier molecular flexibility index (Phi) is 5.97. The number of fused-ring (bicyclic) bond motifs is 1. The van der Waals surface area contributed by atoms with Crippen molar-refractivity contribution in [1.29, 1.82) is 0 Å². The van der Waals surface area contributed by atoms with Crippen molar-refractivity contribution in [2.45, 2.75) is 33.5 Å². The second-order valence-electron chi connectivity index (χ2n) is 8.61. The second kappa shape index (κ2) is 9.38. The van der Waals surface area contributed by atoms with Crippen molar-refractivity contribution in [3.8, 4) is 0 Å². The van der Waals surface area contributed by atoms with E-state index < -0.39 is 0 Å². The molecule has 3 N–H and O–H groups in total. The average Bonchev–Trinajstić information content (AvgIpc) is 3.43. The molecule has 9 heteroatoms. The first-order valence-electron chi connectivity index (χ1n) is 11.3. The third-order valence-electron chi connectivity index (χ3n) is 5.83. The molecule has 1 amide bonds. The molecule has 35 heavy (non-hydrogen) atoms. The van der Waals surface area contributed by atoms with Crippen LogP contribution >= 0.6 is 0 Å². The number of amides is 1. The molecule has 9 nitrogen and oxygen atoms in total. The molecule has 0 atom stereocenters. The Labute approximate surface area is 202 Å². The van der Waals surface area contributed by atoms with Crippen LogP contribution in [0.1, 0.15) is 38.7 Å². The van der Waals surface area contributed by atoms with Crippen LogP contribution in [0, 0.1) is 13.8 Å². The number of nitrogens with zero attached hydrogens (tertiary/aromatic N) is 6. The topological polar surface area (TPSA) is 117 Å². The maximum Gasteiger partial charge on any atom is 0.291 e. The van der Waals surface area contributed by atoms with Crippen LogP contribution in [0.25, 0.3) is 10.8 Å². The van der Waals surface area contributed by atoms with Gasteiger partial charge in [0.25, 0.3) is 5.91 Å². The number of carbonyl (C=O) groups excluding carboxylic acids is 1. The van der Waals surface area contributed by atoms with E-state index in [0.717, 1.165) is 34.0 Å². The number of pyridine rings is 1. The largest absolute Gasteiger partial charge is 0.383 e. The van der Waals surface area contributed by atoms with Crippen molar-refractivity contribution in [2.75, 3.05) is 5.73 Å². The fourth-order valence-electron chi connectivity index (χ4n) is 3.95. The van der Waals surface area contributed by atoms with Crippen molar-refractivity contribution < 1.29 is 4.79 Å². The average molecular weight is 467 g/mol. The molecule has 0 aliphatic rings. The lowest BCUT2D eigenvalue weighted by molar-refractivity contribution is 0.0940. The summed E-state index contributed by atoms with van der Waals surface area (Å²) in [5.41, 5.74) is 10.3. The number of benzene rings is 2. The maximum absolute atomic E-state index is 12.7. The van der Waals surface area contributed by atoms with Gasteiger partial charge in [-0.3, -0.25) is 9.48 Å². The van der Waals surface area contributed by atoms with Crippen molar-refractivity contribution >= 4 is 22.5 Å². The molecular weight excluding hydrogens is 440 g/mol. The fourth-order valence-corrected chi connectivity index (χ4v) is 3.95. The van der Waals surface area contributed by atoms with E-state index >= 15 is 0 Å².